The van der Waals surface area contributed by atoms with Crippen LogP contribution in [0.5, 0.6) is 0 Å². The Morgan fingerprint density at radius 2 is 2.10 bits per heavy atom. The molecule has 0 aliphatic rings. The Hall–Kier alpha value is -1.72. The van der Waals surface area contributed by atoms with Crippen LogP contribution >= 0.6 is 15.9 Å². The molecule has 0 aliphatic carbocycles. The van der Waals surface area contributed by atoms with Crippen LogP contribution in [0.25, 0.3) is 10.9 Å². The van der Waals surface area contributed by atoms with E-state index >= 15 is 0 Å². The van der Waals surface area contributed by atoms with Crippen LogP contribution in [0, 0.1) is 0 Å². The van der Waals surface area contributed by atoms with Gasteiger partial charge in [0, 0.05) is 28.8 Å². The fourth-order valence-corrected chi connectivity index (χ4v) is 3.01. The van der Waals surface area contributed by atoms with Crippen molar-refractivity contribution in [2.75, 3.05) is 0 Å². The Labute approximate surface area is 131 Å². The highest BCUT2D eigenvalue weighted by Gasteiger charge is 2.15. The second-order valence-corrected chi connectivity index (χ2v) is 5.90. The minimum absolute atomic E-state index is 0.598. The second-order valence-electron chi connectivity index (χ2n) is 5.05. The SMILES string of the molecule is Cn1nccc1CCC(O)c1nc2ccccc2cc1Br. The highest BCUT2D eigenvalue weighted by Crippen LogP contribution is 2.28. The molecule has 1 N–H and O–H groups in total. The van der Waals surface area contributed by atoms with Crippen LogP contribution in [0.1, 0.15) is 23.9 Å². The van der Waals surface area contributed by atoms with Gasteiger partial charge in [-0.3, -0.25) is 4.68 Å². The molecule has 0 radical (unpaired) electrons. The predicted molar refractivity (Wildman–Crippen MR) is 85.9 cm³/mol. The molecular weight excluding hydrogens is 330 g/mol. The van der Waals surface area contributed by atoms with Crippen LogP contribution in [0.4, 0.5) is 0 Å². The summed E-state index contributed by atoms with van der Waals surface area (Å²) >= 11 is 3.51. The van der Waals surface area contributed by atoms with Crippen molar-refractivity contribution in [3.05, 3.63) is 58.5 Å². The fourth-order valence-electron chi connectivity index (χ4n) is 2.41. The van der Waals surface area contributed by atoms with E-state index < -0.39 is 6.10 Å². The molecule has 2 heterocycles. The highest BCUT2D eigenvalue weighted by atomic mass is 79.9. The van der Waals surface area contributed by atoms with Crippen LogP contribution in [-0.2, 0) is 13.5 Å². The zero-order valence-electron chi connectivity index (χ0n) is 11.7. The standard InChI is InChI=1S/C16H16BrN3O/c1-20-12(8-9-18-20)6-7-15(21)16-13(17)10-11-4-2-3-5-14(11)19-16/h2-5,8-10,15,21H,6-7H2,1H3. The van der Waals surface area contributed by atoms with E-state index in [9.17, 15) is 5.11 Å². The summed E-state index contributed by atoms with van der Waals surface area (Å²) < 4.78 is 2.67. The molecule has 108 valence electrons. The number of nitrogens with zero attached hydrogens (tertiary/aromatic N) is 3. The maximum absolute atomic E-state index is 10.4. The monoisotopic (exact) mass is 345 g/mol. The number of hydrogen-bond donors (Lipinski definition) is 1. The number of rotatable bonds is 4. The largest absolute Gasteiger partial charge is 0.387 e. The molecule has 1 aromatic carbocycles. The van der Waals surface area contributed by atoms with Gasteiger partial charge in [-0.2, -0.15) is 5.10 Å². The summed E-state index contributed by atoms with van der Waals surface area (Å²) in [6, 6.07) is 11.9. The zero-order valence-corrected chi connectivity index (χ0v) is 13.3. The lowest BCUT2D eigenvalue weighted by molar-refractivity contribution is 0.162. The van der Waals surface area contributed by atoms with Gasteiger partial charge in [0.1, 0.15) is 0 Å². The molecule has 2 aromatic heterocycles. The molecule has 3 rings (SSSR count). The molecule has 4 nitrogen and oxygen atoms in total. The van der Waals surface area contributed by atoms with Crippen molar-refractivity contribution in [2.24, 2.45) is 7.05 Å². The fraction of sp³-hybridized carbons (Fsp3) is 0.250. The van der Waals surface area contributed by atoms with Crippen molar-refractivity contribution in [1.29, 1.82) is 0 Å². The summed E-state index contributed by atoms with van der Waals surface area (Å²) in [6.07, 6.45) is 2.55. The zero-order chi connectivity index (χ0) is 14.8. The smallest absolute Gasteiger partial charge is 0.0975 e. The number of benzene rings is 1. The summed E-state index contributed by atoms with van der Waals surface area (Å²) in [7, 11) is 1.91. The van der Waals surface area contributed by atoms with Crippen molar-refractivity contribution < 1.29 is 5.11 Å². The topological polar surface area (TPSA) is 50.9 Å². The van der Waals surface area contributed by atoms with Gasteiger partial charge < -0.3 is 5.11 Å². The van der Waals surface area contributed by atoms with Crippen molar-refractivity contribution in [3.63, 3.8) is 0 Å². The quantitative estimate of drug-likeness (QED) is 0.788. The lowest BCUT2D eigenvalue weighted by Crippen LogP contribution is -2.06. The number of aromatic nitrogens is 3. The van der Waals surface area contributed by atoms with Gasteiger partial charge in [-0.15, -0.1) is 0 Å². The van der Waals surface area contributed by atoms with Gasteiger partial charge in [-0.1, -0.05) is 18.2 Å². The molecule has 21 heavy (non-hydrogen) atoms. The molecule has 0 saturated heterocycles. The normalized spacial score (nSPS) is 12.7. The van der Waals surface area contributed by atoms with E-state index in [1.807, 2.05) is 48.1 Å². The van der Waals surface area contributed by atoms with Gasteiger partial charge in [0.25, 0.3) is 0 Å². The Morgan fingerprint density at radius 1 is 1.29 bits per heavy atom. The molecule has 1 atom stereocenters. The van der Waals surface area contributed by atoms with E-state index in [-0.39, 0.29) is 0 Å². The molecule has 3 aromatic rings. The second kappa shape index (κ2) is 5.95. The number of para-hydroxylation sites is 1. The van der Waals surface area contributed by atoms with Gasteiger partial charge >= 0.3 is 0 Å². The van der Waals surface area contributed by atoms with Crippen LogP contribution < -0.4 is 0 Å². The Bertz CT molecular complexity index is 769. The predicted octanol–water partition coefficient (Wildman–Crippen LogP) is 3.40. The highest BCUT2D eigenvalue weighted by molar-refractivity contribution is 9.10. The lowest BCUT2D eigenvalue weighted by Gasteiger charge is -2.13. The summed E-state index contributed by atoms with van der Waals surface area (Å²) in [5, 5.41) is 15.6. The van der Waals surface area contributed by atoms with Crippen molar-refractivity contribution in [2.45, 2.75) is 18.9 Å². The Balaban J connectivity index is 1.82. The lowest BCUT2D eigenvalue weighted by atomic mass is 10.1. The third-order valence-electron chi connectivity index (χ3n) is 3.62. The number of hydrogen-bond acceptors (Lipinski definition) is 3. The van der Waals surface area contributed by atoms with E-state index in [1.165, 1.54) is 0 Å². The van der Waals surface area contributed by atoms with E-state index in [2.05, 4.69) is 26.0 Å². The summed E-state index contributed by atoms with van der Waals surface area (Å²) in [4.78, 5) is 4.58. The van der Waals surface area contributed by atoms with Gasteiger partial charge in [0.05, 0.1) is 17.3 Å². The summed E-state index contributed by atoms with van der Waals surface area (Å²) in [5.74, 6) is 0. The average molecular weight is 346 g/mol. The van der Waals surface area contributed by atoms with Crippen molar-refractivity contribution in [1.82, 2.24) is 14.8 Å². The Morgan fingerprint density at radius 3 is 2.86 bits per heavy atom. The molecule has 5 heteroatoms. The van der Waals surface area contributed by atoms with Crippen LogP contribution in [0.3, 0.4) is 0 Å². The average Bonchev–Trinajstić information content (AvgIpc) is 2.89. The Kier molecular flexibility index (Phi) is 4.03. The number of aryl methyl sites for hydroxylation is 2. The molecule has 0 bridgehead atoms. The molecule has 0 amide bonds. The minimum atomic E-state index is -0.598. The maximum Gasteiger partial charge on any atom is 0.0975 e. The molecule has 0 saturated carbocycles. The number of aliphatic hydroxyl groups is 1. The van der Waals surface area contributed by atoms with Crippen molar-refractivity contribution >= 4 is 26.8 Å². The minimum Gasteiger partial charge on any atom is -0.387 e. The van der Waals surface area contributed by atoms with Crippen LogP contribution in [-0.4, -0.2) is 19.9 Å². The van der Waals surface area contributed by atoms with Crippen molar-refractivity contribution in [3.8, 4) is 0 Å². The summed E-state index contributed by atoms with van der Waals surface area (Å²) in [5.41, 5.74) is 2.69. The first-order chi connectivity index (χ1) is 10.1. The molecule has 0 spiro atoms. The number of aliphatic hydroxyl groups excluding tert-OH is 1. The van der Waals surface area contributed by atoms with E-state index in [0.29, 0.717) is 12.1 Å². The number of fused-ring (bicyclic) bond motifs is 1. The third-order valence-corrected chi connectivity index (χ3v) is 4.25. The first kappa shape index (κ1) is 14.2. The first-order valence-electron chi connectivity index (χ1n) is 6.85. The maximum atomic E-state index is 10.4. The number of halogens is 1. The van der Waals surface area contributed by atoms with Gasteiger partial charge in [0.2, 0.25) is 0 Å². The first-order valence-corrected chi connectivity index (χ1v) is 7.64. The molecular formula is C16H16BrN3O. The summed E-state index contributed by atoms with van der Waals surface area (Å²) in [6.45, 7) is 0. The van der Waals surface area contributed by atoms with Crippen LogP contribution in [0.2, 0.25) is 0 Å². The molecule has 0 aliphatic heterocycles. The van der Waals surface area contributed by atoms with E-state index in [4.69, 9.17) is 0 Å². The van der Waals surface area contributed by atoms with E-state index in [1.54, 1.807) is 6.20 Å². The molecule has 0 fully saturated rings. The number of pyridine rings is 1. The van der Waals surface area contributed by atoms with Gasteiger partial charge in [-0.05, 0) is 47.0 Å². The van der Waals surface area contributed by atoms with Crippen LogP contribution in [0.15, 0.2) is 47.1 Å². The third kappa shape index (κ3) is 2.99. The molecule has 1 unspecified atom stereocenters. The van der Waals surface area contributed by atoms with Gasteiger partial charge in [0.15, 0.2) is 0 Å². The van der Waals surface area contributed by atoms with E-state index in [0.717, 1.165) is 27.5 Å². The van der Waals surface area contributed by atoms with Gasteiger partial charge in [-0.25, -0.2) is 4.98 Å².